The van der Waals surface area contributed by atoms with Crippen molar-refractivity contribution in [2.75, 3.05) is 7.05 Å². The van der Waals surface area contributed by atoms with E-state index < -0.39 is 0 Å². The summed E-state index contributed by atoms with van der Waals surface area (Å²) < 4.78 is 0. The number of aromatic nitrogens is 1. The molecule has 0 saturated heterocycles. The van der Waals surface area contributed by atoms with Crippen molar-refractivity contribution in [3.8, 4) is 6.07 Å². The average molecular weight is 313 g/mol. The molecule has 0 radical (unpaired) electrons. The lowest BCUT2D eigenvalue weighted by Crippen LogP contribution is -2.17. The lowest BCUT2D eigenvalue weighted by Gasteiger charge is -2.03. The standard InChI is InChI=1S/C20H15N3O/c1-22-20(24)16-8-6-14(7-9-16)12-17(13-21)19-11-10-15-4-2-3-5-18(15)23-19/h2-12H,1H3,(H,22,24)/b17-12-. The molecule has 116 valence electrons. The van der Waals surface area contributed by atoms with Gasteiger partial charge in [-0.2, -0.15) is 5.26 Å². The monoisotopic (exact) mass is 313 g/mol. The summed E-state index contributed by atoms with van der Waals surface area (Å²) in [5.41, 5.74) is 3.39. The predicted octanol–water partition coefficient (Wildman–Crippen LogP) is 3.66. The zero-order valence-electron chi connectivity index (χ0n) is 13.2. The molecule has 0 aliphatic heterocycles. The van der Waals surface area contributed by atoms with Crippen LogP contribution in [0.25, 0.3) is 22.6 Å². The van der Waals surface area contributed by atoms with Gasteiger partial charge in [-0.3, -0.25) is 4.79 Å². The molecule has 0 aliphatic carbocycles. The molecule has 0 saturated carbocycles. The van der Waals surface area contributed by atoms with Crippen molar-refractivity contribution in [1.82, 2.24) is 10.3 Å². The Balaban J connectivity index is 1.96. The van der Waals surface area contributed by atoms with E-state index in [0.717, 1.165) is 16.5 Å². The highest BCUT2D eigenvalue weighted by Crippen LogP contribution is 2.20. The van der Waals surface area contributed by atoms with Gasteiger partial charge in [0.25, 0.3) is 5.91 Å². The van der Waals surface area contributed by atoms with Gasteiger partial charge in [-0.05, 0) is 35.9 Å². The maximum absolute atomic E-state index is 11.6. The van der Waals surface area contributed by atoms with Gasteiger partial charge in [0.15, 0.2) is 0 Å². The van der Waals surface area contributed by atoms with E-state index in [0.29, 0.717) is 16.8 Å². The van der Waals surface area contributed by atoms with Gasteiger partial charge in [0.2, 0.25) is 0 Å². The summed E-state index contributed by atoms with van der Waals surface area (Å²) in [5, 5.41) is 13.1. The van der Waals surface area contributed by atoms with Crippen molar-refractivity contribution in [3.05, 3.63) is 77.5 Å². The van der Waals surface area contributed by atoms with Crippen LogP contribution in [-0.2, 0) is 0 Å². The summed E-state index contributed by atoms with van der Waals surface area (Å²) >= 11 is 0. The largest absolute Gasteiger partial charge is 0.355 e. The highest BCUT2D eigenvalue weighted by atomic mass is 16.1. The summed E-state index contributed by atoms with van der Waals surface area (Å²) in [6.07, 6.45) is 1.77. The Morgan fingerprint density at radius 2 is 1.83 bits per heavy atom. The molecule has 4 heteroatoms. The molecule has 1 N–H and O–H groups in total. The van der Waals surface area contributed by atoms with Crippen LogP contribution in [-0.4, -0.2) is 17.9 Å². The number of allylic oxidation sites excluding steroid dienone is 1. The summed E-state index contributed by atoms with van der Waals surface area (Å²) in [7, 11) is 1.59. The summed E-state index contributed by atoms with van der Waals surface area (Å²) in [6, 6.07) is 20.9. The van der Waals surface area contributed by atoms with E-state index in [1.807, 2.05) is 48.5 Å². The van der Waals surface area contributed by atoms with Crippen LogP contribution < -0.4 is 5.32 Å². The van der Waals surface area contributed by atoms with Gasteiger partial charge in [0.05, 0.1) is 16.8 Å². The van der Waals surface area contributed by atoms with Crippen LogP contribution in [0.15, 0.2) is 60.7 Å². The van der Waals surface area contributed by atoms with E-state index in [-0.39, 0.29) is 5.91 Å². The number of rotatable bonds is 3. The van der Waals surface area contributed by atoms with E-state index in [9.17, 15) is 10.1 Å². The molecule has 1 amide bonds. The van der Waals surface area contributed by atoms with Crippen LogP contribution in [0.2, 0.25) is 0 Å². The highest BCUT2D eigenvalue weighted by molar-refractivity contribution is 5.95. The van der Waals surface area contributed by atoms with Crippen LogP contribution in [0, 0.1) is 11.3 Å². The molecule has 0 aliphatic rings. The van der Waals surface area contributed by atoms with Gasteiger partial charge in [0, 0.05) is 18.0 Å². The van der Waals surface area contributed by atoms with Gasteiger partial charge in [-0.25, -0.2) is 4.98 Å². The quantitative estimate of drug-likeness (QED) is 0.750. The van der Waals surface area contributed by atoms with Gasteiger partial charge in [0.1, 0.15) is 6.07 Å². The number of pyridine rings is 1. The number of nitriles is 1. The van der Waals surface area contributed by atoms with Crippen LogP contribution in [0.3, 0.4) is 0 Å². The minimum atomic E-state index is -0.137. The Morgan fingerprint density at radius 3 is 2.54 bits per heavy atom. The van der Waals surface area contributed by atoms with Crippen molar-refractivity contribution in [2.24, 2.45) is 0 Å². The first-order valence-electron chi connectivity index (χ1n) is 7.51. The minimum Gasteiger partial charge on any atom is -0.355 e. The number of carbonyl (C=O) groups is 1. The molecule has 3 rings (SSSR count). The molecule has 0 fully saturated rings. The predicted molar refractivity (Wildman–Crippen MR) is 95.1 cm³/mol. The Kier molecular flexibility index (Phi) is 4.35. The number of nitrogens with one attached hydrogen (secondary N) is 1. The van der Waals surface area contributed by atoms with Crippen LogP contribution >= 0.6 is 0 Å². The topological polar surface area (TPSA) is 65.8 Å². The molecule has 1 heterocycles. The molecule has 0 spiro atoms. The van der Waals surface area contributed by atoms with Gasteiger partial charge < -0.3 is 5.32 Å². The maximum Gasteiger partial charge on any atom is 0.251 e. The Bertz CT molecular complexity index is 966. The second-order valence-electron chi connectivity index (χ2n) is 5.26. The second-order valence-corrected chi connectivity index (χ2v) is 5.26. The molecule has 0 bridgehead atoms. The number of para-hydroxylation sites is 1. The lowest BCUT2D eigenvalue weighted by molar-refractivity contribution is 0.0963. The molecule has 2 aromatic carbocycles. The van der Waals surface area contributed by atoms with Crippen LogP contribution in [0.5, 0.6) is 0 Å². The zero-order chi connectivity index (χ0) is 16.9. The van der Waals surface area contributed by atoms with E-state index in [4.69, 9.17) is 0 Å². The van der Waals surface area contributed by atoms with Crippen LogP contribution in [0.1, 0.15) is 21.6 Å². The van der Waals surface area contributed by atoms with Crippen molar-refractivity contribution in [3.63, 3.8) is 0 Å². The number of carbonyl (C=O) groups excluding carboxylic acids is 1. The SMILES string of the molecule is CNC(=O)c1ccc(/C=C(/C#N)c2ccc3ccccc3n2)cc1. The van der Waals surface area contributed by atoms with Gasteiger partial charge >= 0.3 is 0 Å². The molecule has 4 nitrogen and oxygen atoms in total. The van der Waals surface area contributed by atoms with Crippen LogP contribution in [0.4, 0.5) is 0 Å². The molecule has 1 aromatic heterocycles. The average Bonchev–Trinajstić information content (AvgIpc) is 2.65. The van der Waals surface area contributed by atoms with Crippen molar-refractivity contribution in [1.29, 1.82) is 5.26 Å². The Hall–Kier alpha value is -3.45. The Labute approximate surface area is 140 Å². The summed E-state index contributed by atoms with van der Waals surface area (Å²) in [4.78, 5) is 16.1. The molecular formula is C20H15N3O. The molecule has 0 unspecified atom stereocenters. The van der Waals surface area contributed by atoms with Gasteiger partial charge in [-0.15, -0.1) is 0 Å². The fourth-order valence-corrected chi connectivity index (χ4v) is 2.42. The van der Waals surface area contributed by atoms with E-state index >= 15 is 0 Å². The highest BCUT2D eigenvalue weighted by Gasteiger charge is 2.06. The summed E-state index contributed by atoms with van der Waals surface area (Å²) in [6.45, 7) is 0. The first-order chi connectivity index (χ1) is 11.7. The first-order valence-corrected chi connectivity index (χ1v) is 7.51. The summed E-state index contributed by atoms with van der Waals surface area (Å²) in [5.74, 6) is -0.137. The third kappa shape index (κ3) is 3.16. The van der Waals surface area contributed by atoms with Crippen molar-refractivity contribution < 1.29 is 4.79 Å². The van der Waals surface area contributed by atoms with E-state index in [1.54, 1.807) is 25.3 Å². The number of hydrogen-bond acceptors (Lipinski definition) is 3. The number of amides is 1. The third-order valence-corrected chi connectivity index (χ3v) is 3.71. The van der Waals surface area contributed by atoms with E-state index in [2.05, 4.69) is 16.4 Å². The Morgan fingerprint density at radius 1 is 1.08 bits per heavy atom. The third-order valence-electron chi connectivity index (χ3n) is 3.71. The van der Waals surface area contributed by atoms with E-state index in [1.165, 1.54) is 0 Å². The number of nitrogens with zero attached hydrogens (tertiary/aromatic N) is 2. The molecule has 0 atom stereocenters. The minimum absolute atomic E-state index is 0.137. The second kappa shape index (κ2) is 6.76. The first kappa shape index (κ1) is 15.4. The molecule has 24 heavy (non-hydrogen) atoms. The molecular weight excluding hydrogens is 298 g/mol. The van der Waals surface area contributed by atoms with Gasteiger partial charge in [-0.1, -0.05) is 36.4 Å². The number of fused-ring (bicyclic) bond motifs is 1. The fraction of sp³-hybridized carbons (Fsp3) is 0.0500. The fourth-order valence-electron chi connectivity index (χ4n) is 2.42. The zero-order valence-corrected chi connectivity index (χ0v) is 13.2. The number of hydrogen-bond donors (Lipinski definition) is 1. The van der Waals surface area contributed by atoms with Crippen molar-refractivity contribution in [2.45, 2.75) is 0 Å². The smallest absolute Gasteiger partial charge is 0.251 e. The normalized spacial score (nSPS) is 11.1. The lowest BCUT2D eigenvalue weighted by atomic mass is 10.1. The molecule has 3 aromatic rings. The van der Waals surface area contributed by atoms with Crippen molar-refractivity contribution >= 4 is 28.5 Å². The number of benzene rings is 2. The maximum atomic E-state index is 11.6.